The first-order valence-corrected chi connectivity index (χ1v) is 6.81. The molecule has 0 fully saturated rings. The third-order valence-electron chi connectivity index (χ3n) is 3.58. The fourth-order valence-corrected chi connectivity index (χ4v) is 2.54. The Morgan fingerprint density at radius 2 is 2.19 bits per heavy atom. The van der Waals surface area contributed by atoms with Crippen LogP contribution in [-0.4, -0.2) is 42.0 Å². The molecule has 3 N–H and O–H groups in total. The minimum absolute atomic E-state index is 0.0252. The molecule has 112 valence electrons. The summed E-state index contributed by atoms with van der Waals surface area (Å²) in [5.41, 5.74) is 8.17. The Morgan fingerprint density at radius 1 is 1.38 bits per heavy atom. The molecular formula is C13H18N6O2. The third kappa shape index (κ3) is 2.62. The van der Waals surface area contributed by atoms with Gasteiger partial charge in [-0.1, -0.05) is 0 Å². The van der Waals surface area contributed by atoms with Gasteiger partial charge >= 0.3 is 0 Å². The lowest BCUT2D eigenvalue weighted by Crippen LogP contribution is -2.40. The Balaban J connectivity index is 1.70. The number of nitrogens with zero attached hydrogens (tertiary/aromatic N) is 5. The van der Waals surface area contributed by atoms with E-state index < -0.39 is 0 Å². The number of aryl methyl sites for hydroxylation is 1. The molecule has 0 atom stereocenters. The first kappa shape index (κ1) is 13.6. The quantitative estimate of drug-likeness (QED) is 0.794. The van der Waals surface area contributed by atoms with Gasteiger partial charge in [0.2, 0.25) is 5.91 Å². The number of aromatic nitrogens is 4. The van der Waals surface area contributed by atoms with Crippen molar-refractivity contribution in [1.29, 1.82) is 0 Å². The molecule has 8 nitrogen and oxygen atoms in total. The van der Waals surface area contributed by atoms with Crippen molar-refractivity contribution in [2.24, 2.45) is 0 Å². The van der Waals surface area contributed by atoms with Crippen LogP contribution in [0.2, 0.25) is 0 Å². The van der Waals surface area contributed by atoms with Gasteiger partial charge < -0.3 is 15.7 Å². The first-order valence-electron chi connectivity index (χ1n) is 6.81. The molecule has 0 radical (unpaired) electrons. The summed E-state index contributed by atoms with van der Waals surface area (Å²) in [5, 5.41) is 17.6. The van der Waals surface area contributed by atoms with E-state index in [0.717, 1.165) is 11.4 Å². The highest BCUT2D eigenvalue weighted by atomic mass is 16.3. The SMILES string of the molecule is Cc1cc(N)n(CC(=O)N2CCn3nc(CO)cc3C2)n1. The summed E-state index contributed by atoms with van der Waals surface area (Å²) < 4.78 is 3.35. The second-order valence-corrected chi connectivity index (χ2v) is 5.19. The van der Waals surface area contributed by atoms with Crippen molar-refractivity contribution in [3.63, 3.8) is 0 Å². The van der Waals surface area contributed by atoms with Crippen LogP contribution in [0.25, 0.3) is 0 Å². The van der Waals surface area contributed by atoms with Crippen LogP contribution in [-0.2, 0) is 31.0 Å². The molecule has 2 aromatic heterocycles. The van der Waals surface area contributed by atoms with E-state index in [1.165, 1.54) is 4.68 Å². The maximum absolute atomic E-state index is 12.3. The van der Waals surface area contributed by atoms with E-state index in [1.807, 2.05) is 17.7 Å². The summed E-state index contributed by atoms with van der Waals surface area (Å²) in [5.74, 6) is 0.466. The monoisotopic (exact) mass is 290 g/mol. The maximum Gasteiger partial charge on any atom is 0.244 e. The molecule has 3 heterocycles. The molecule has 21 heavy (non-hydrogen) atoms. The molecule has 0 aliphatic carbocycles. The predicted molar refractivity (Wildman–Crippen MR) is 74.9 cm³/mol. The molecule has 1 amide bonds. The summed E-state index contributed by atoms with van der Waals surface area (Å²) in [6.07, 6.45) is 0. The van der Waals surface area contributed by atoms with Crippen LogP contribution in [0.15, 0.2) is 12.1 Å². The van der Waals surface area contributed by atoms with E-state index in [-0.39, 0.29) is 19.1 Å². The van der Waals surface area contributed by atoms with E-state index in [4.69, 9.17) is 10.8 Å². The third-order valence-corrected chi connectivity index (χ3v) is 3.58. The molecule has 0 saturated carbocycles. The molecular weight excluding hydrogens is 272 g/mol. The van der Waals surface area contributed by atoms with E-state index >= 15 is 0 Å². The fraction of sp³-hybridized carbons (Fsp3) is 0.462. The lowest BCUT2D eigenvalue weighted by Gasteiger charge is -2.27. The number of nitrogens with two attached hydrogens (primary N) is 1. The van der Waals surface area contributed by atoms with E-state index in [1.54, 1.807) is 11.0 Å². The summed E-state index contributed by atoms with van der Waals surface area (Å²) in [6, 6.07) is 3.57. The largest absolute Gasteiger partial charge is 0.390 e. The van der Waals surface area contributed by atoms with Crippen LogP contribution < -0.4 is 5.73 Å². The van der Waals surface area contributed by atoms with Gasteiger partial charge in [-0.05, 0) is 13.0 Å². The number of anilines is 1. The van der Waals surface area contributed by atoms with Crippen molar-refractivity contribution < 1.29 is 9.90 Å². The van der Waals surface area contributed by atoms with E-state index in [2.05, 4.69) is 10.2 Å². The lowest BCUT2D eigenvalue weighted by molar-refractivity contribution is -0.133. The highest BCUT2D eigenvalue weighted by molar-refractivity contribution is 5.76. The van der Waals surface area contributed by atoms with Gasteiger partial charge in [0.05, 0.1) is 36.8 Å². The van der Waals surface area contributed by atoms with Crippen LogP contribution in [0.5, 0.6) is 0 Å². The summed E-state index contributed by atoms with van der Waals surface area (Å²) >= 11 is 0. The Bertz CT molecular complexity index is 674. The van der Waals surface area contributed by atoms with Crippen LogP contribution in [0.1, 0.15) is 17.1 Å². The van der Waals surface area contributed by atoms with Gasteiger partial charge in [-0.25, -0.2) is 4.68 Å². The normalized spacial score (nSPS) is 14.3. The van der Waals surface area contributed by atoms with Gasteiger partial charge in [-0.15, -0.1) is 0 Å². The highest BCUT2D eigenvalue weighted by Crippen LogP contribution is 2.15. The van der Waals surface area contributed by atoms with Crippen molar-refractivity contribution in [3.05, 3.63) is 29.2 Å². The number of aliphatic hydroxyl groups is 1. The lowest BCUT2D eigenvalue weighted by atomic mass is 10.3. The summed E-state index contributed by atoms with van der Waals surface area (Å²) in [6.45, 7) is 3.62. The number of aliphatic hydroxyl groups excluding tert-OH is 1. The Labute approximate surface area is 121 Å². The van der Waals surface area contributed by atoms with Crippen molar-refractivity contribution >= 4 is 11.7 Å². The topological polar surface area (TPSA) is 102 Å². The van der Waals surface area contributed by atoms with Crippen molar-refractivity contribution in [2.75, 3.05) is 12.3 Å². The minimum Gasteiger partial charge on any atom is -0.390 e. The number of amides is 1. The fourth-order valence-electron chi connectivity index (χ4n) is 2.54. The van der Waals surface area contributed by atoms with Gasteiger partial charge in [-0.3, -0.25) is 9.48 Å². The molecule has 1 aliphatic rings. The van der Waals surface area contributed by atoms with Gasteiger partial charge in [0.15, 0.2) is 0 Å². The van der Waals surface area contributed by atoms with Gasteiger partial charge in [0.1, 0.15) is 12.4 Å². The second-order valence-electron chi connectivity index (χ2n) is 5.19. The average molecular weight is 290 g/mol. The molecule has 3 rings (SSSR count). The van der Waals surface area contributed by atoms with Crippen molar-refractivity contribution in [1.82, 2.24) is 24.5 Å². The summed E-state index contributed by atoms with van der Waals surface area (Å²) in [7, 11) is 0. The van der Waals surface area contributed by atoms with Crippen molar-refractivity contribution in [3.8, 4) is 0 Å². The van der Waals surface area contributed by atoms with Crippen LogP contribution in [0, 0.1) is 6.92 Å². The number of nitrogen functional groups attached to an aromatic ring is 1. The van der Waals surface area contributed by atoms with Crippen LogP contribution >= 0.6 is 0 Å². The van der Waals surface area contributed by atoms with Gasteiger partial charge in [0.25, 0.3) is 0 Å². The van der Waals surface area contributed by atoms with Crippen molar-refractivity contribution in [2.45, 2.75) is 33.2 Å². The number of hydrogen-bond donors (Lipinski definition) is 2. The zero-order valence-electron chi connectivity index (χ0n) is 11.9. The van der Waals surface area contributed by atoms with Crippen LogP contribution in [0.3, 0.4) is 0 Å². The standard InChI is InChI=1S/C13H18N6O2/c1-9-4-12(14)19(15-9)7-13(21)17-2-3-18-11(6-17)5-10(8-20)16-18/h4-5,20H,2-3,6-8,14H2,1H3. The Hall–Kier alpha value is -2.35. The molecule has 0 bridgehead atoms. The van der Waals surface area contributed by atoms with Crippen LogP contribution in [0.4, 0.5) is 5.82 Å². The zero-order chi connectivity index (χ0) is 15.0. The average Bonchev–Trinajstić information content (AvgIpc) is 3.00. The summed E-state index contributed by atoms with van der Waals surface area (Å²) in [4.78, 5) is 14.1. The maximum atomic E-state index is 12.3. The Morgan fingerprint density at radius 3 is 2.86 bits per heavy atom. The smallest absolute Gasteiger partial charge is 0.244 e. The molecule has 0 spiro atoms. The molecule has 0 aromatic carbocycles. The first-order chi connectivity index (χ1) is 10.1. The minimum atomic E-state index is -0.0863. The second kappa shape index (κ2) is 5.21. The highest BCUT2D eigenvalue weighted by Gasteiger charge is 2.23. The number of rotatable bonds is 3. The molecule has 0 unspecified atom stereocenters. The zero-order valence-corrected chi connectivity index (χ0v) is 11.9. The number of carbonyl (C=O) groups is 1. The van der Waals surface area contributed by atoms with E-state index in [9.17, 15) is 4.79 Å². The van der Waals surface area contributed by atoms with Gasteiger partial charge in [-0.2, -0.15) is 10.2 Å². The van der Waals surface area contributed by atoms with Gasteiger partial charge in [0, 0.05) is 12.6 Å². The molecule has 2 aromatic rings. The number of hydrogen-bond acceptors (Lipinski definition) is 5. The molecule has 8 heteroatoms. The Kier molecular flexibility index (Phi) is 3.38. The molecule has 1 aliphatic heterocycles. The van der Waals surface area contributed by atoms with E-state index in [0.29, 0.717) is 31.1 Å². The number of fused-ring (bicyclic) bond motifs is 1. The predicted octanol–water partition coefficient (Wildman–Crippen LogP) is -0.495. The number of carbonyl (C=O) groups excluding carboxylic acids is 1. The molecule has 0 saturated heterocycles.